The van der Waals surface area contributed by atoms with Crippen molar-refractivity contribution >= 4 is 34.4 Å². The van der Waals surface area contributed by atoms with E-state index in [9.17, 15) is 19.6 Å². The molecule has 2 fully saturated rings. The van der Waals surface area contributed by atoms with E-state index in [2.05, 4.69) is 10.6 Å². The number of nitriles is 1. The average Bonchev–Trinajstić information content (AvgIpc) is 3.50. The fourth-order valence-electron chi connectivity index (χ4n) is 4.67. The Morgan fingerprint density at radius 1 is 1.17 bits per heavy atom. The minimum Gasteiger partial charge on any atom is -0.465 e. The first-order valence-corrected chi connectivity index (χ1v) is 12.2. The molecule has 2 aliphatic rings. The zero-order chi connectivity index (χ0) is 25.7. The Hall–Kier alpha value is -4.00. The number of nitrogens with one attached hydrogen (secondary N) is 2. The second-order valence-corrected chi connectivity index (χ2v) is 9.13. The van der Waals surface area contributed by atoms with Crippen LogP contribution < -0.4 is 10.6 Å². The van der Waals surface area contributed by atoms with Crippen molar-refractivity contribution in [2.75, 3.05) is 38.6 Å². The maximum atomic E-state index is 13.4. The fourth-order valence-corrected chi connectivity index (χ4v) is 4.67. The first-order chi connectivity index (χ1) is 17.4. The molecule has 2 N–H and O–H groups in total. The number of carbonyl (C=O) groups excluding carboxylic acids is 3. The van der Waals surface area contributed by atoms with E-state index in [0.29, 0.717) is 24.2 Å². The number of methoxy groups -OCH3 is 1. The number of esters is 1. The summed E-state index contributed by atoms with van der Waals surface area (Å²) in [5, 5.41) is 16.8. The molecule has 0 saturated carbocycles. The van der Waals surface area contributed by atoms with E-state index in [1.165, 1.54) is 7.11 Å². The van der Waals surface area contributed by atoms with Gasteiger partial charge in [0.25, 0.3) is 0 Å². The Kier molecular flexibility index (Phi) is 7.78. The predicted molar refractivity (Wildman–Crippen MR) is 132 cm³/mol. The van der Waals surface area contributed by atoms with Crippen molar-refractivity contribution in [1.29, 1.82) is 5.26 Å². The Balaban J connectivity index is 1.58. The molecular weight excluding hydrogens is 462 g/mol. The van der Waals surface area contributed by atoms with Crippen molar-refractivity contribution < 1.29 is 23.5 Å². The Morgan fingerprint density at radius 3 is 2.64 bits per heavy atom. The first kappa shape index (κ1) is 25.1. The molecule has 10 heteroatoms. The molecule has 190 valence electrons. The van der Waals surface area contributed by atoms with Crippen molar-refractivity contribution in [2.45, 2.75) is 45.1 Å². The normalized spacial score (nSPS) is 18.9. The zero-order valence-corrected chi connectivity index (χ0v) is 20.6. The summed E-state index contributed by atoms with van der Waals surface area (Å²) in [6.45, 7) is 3.82. The smallest absolute Gasteiger partial charge is 0.352 e. The molecule has 2 aliphatic heterocycles. The molecule has 4 rings (SSSR count). The van der Waals surface area contributed by atoms with Crippen molar-refractivity contribution in [2.24, 2.45) is 0 Å². The highest BCUT2D eigenvalue weighted by atomic mass is 16.5. The third kappa shape index (κ3) is 5.62. The largest absolute Gasteiger partial charge is 0.465 e. The van der Waals surface area contributed by atoms with Gasteiger partial charge >= 0.3 is 5.97 Å². The monoisotopic (exact) mass is 493 g/mol. The molecule has 1 aromatic carbocycles. The van der Waals surface area contributed by atoms with Crippen LogP contribution in [0.5, 0.6) is 0 Å². The van der Waals surface area contributed by atoms with Gasteiger partial charge in [0, 0.05) is 30.7 Å². The molecule has 0 bridgehead atoms. The summed E-state index contributed by atoms with van der Waals surface area (Å²) in [7, 11) is 1.19. The highest BCUT2D eigenvalue weighted by Gasteiger charge is 2.31. The SMILES string of the molecule is COC(=O)/C(C#N)=C(\Nc1ccc2oc(C)cc2c1)NC1CCCCN(CC(=O)N2CCCC2)C1=O. The molecule has 36 heavy (non-hydrogen) atoms. The first-order valence-electron chi connectivity index (χ1n) is 12.2. The van der Waals surface area contributed by atoms with Gasteiger partial charge in [-0.2, -0.15) is 5.26 Å². The number of ether oxygens (including phenoxy) is 1. The van der Waals surface area contributed by atoms with Crippen LogP contribution in [-0.2, 0) is 19.1 Å². The summed E-state index contributed by atoms with van der Waals surface area (Å²) < 4.78 is 10.4. The summed E-state index contributed by atoms with van der Waals surface area (Å²) >= 11 is 0. The summed E-state index contributed by atoms with van der Waals surface area (Å²) in [5.74, 6) is -0.269. The lowest BCUT2D eigenvalue weighted by atomic mass is 10.1. The maximum absolute atomic E-state index is 13.4. The summed E-state index contributed by atoms with van der Waals surface area (Å²) in [5.41, 5.74) is 1.03. The van der Waals surface area contributed by atoms with Crippen LogP contribution in [0.15, 0.2) is 40.1 Å². The number of hydrogen-bond acceptors (Lipinski definition) is 8. The van der Waals surface area contributed by atoms with Gasteiger partial charge < -0.3 is 29.6 Å². The lowest BCUT2D eigenvalue weighted by molar-refractivity contribution is -0.140. The highest BCUT2D eigenvalue weighted by molar-refractivity contribution is 5.95. The highest BCUT2D eigenvalue weighted by Crippen LogP contribution is 2.24. The van der Waals surface area contributed by atoms with E-state index in [-0.39, 0.29) is 29.8 Å². The van der Waals surface area contributed by atoms with Crippen LogP contribution in [0.2, 0.25) is 0 Å². The van der Waals surface area contributed by atoms with Gasteiger partial charge in [-0.15, -0.1) is 0 Å². The van der Waals surface area contributed by atoms with Gasteiger partial charge in [0.1, 0.15) is 29.3 Å². The van der Waals surface area contributed by atoms with Gasteiger partial charge in [-0.25, -0.2) is 4.79 Å². The quantitative estimate of drug-likeness (QED) is 0.342. The van der Waals surface area contributed by atoms with E-state index < -0.39 is 12.0 Å². The minimum absolute atomic E-state index is 0.0299. The van der Waals surface area contributed by atoms with E-state index in [0.717, 1.165) is 49.9 Å². The summed E-state index contributed by atoms with van der Waals surface area (Å²) in [6.07, 6.45) is 3.99. The summed E-state index contributed by atoms with van der Waals surface area (Å²) in [4.78, 5) is 41.9. The third-order valence-corrected chi connectivity index (χ3v) is 6.54. The third-order valence-electron chi connectivity index (χ3n) is 6.54. The Bertz CT molecular complexity index is 1220. The summed E-state index contributed by atoms with van der Waals surface area (Å²) in [6, 6.07) is 8.43. The lowest BCUT2D eigenvalue weighted by Crippen LogP contribution is -2.49. The number of likely N-dealkylation sites (tertiary alicyclic amines) is 2. The van der Waals surface area contributed by atoms with Gasteiger partial charge in [-0.1, -0.05) is 0 Å². The predicted octanol–water partition coefficient (Wildman–Crippen LogP) is 2.65. The van der Waals surface area contributed by atoms with Crippen molar-refractivity contribution in [3.05, 3.63) is 41.4 Å². The standard InChI is InChI=1S/C26H31N5O5/c1-17-13-18-14-19(8-9-22(18)36-17)28-24(20(15-27)26(34)35-2)29-21-7-3-4-12-31(25(21)33)16-23(32)30-10-5-6-11-30/h8-9,13-14,21,28-29H,3-7,10-12,16H2,1-2H3/b24-20+. The second-order valence-electron chi connectivity index (χ2n) is 9.13. The number of anilines is 1. The molecule has 10 nitrogen and oxygen atoms in total. The molecule has 3 heterocycles. The fraction of sp³-hybridized carbons (Fsp3) is 0.462. The molecule has 2 saturated heterocycles. The van der Waals surface area contributed by atoms with E-state index >= 15 is 0 Å². The molecule has 1 unspecified atom stereocenters. The van der Waals surface area contributed by atoms with Gasteiger partial charge in [-0.3, -0.25) is 9.59 Å². The number of nitrogens with zero attached hydrogens (tertiary/aromatic N) is 3. The van der Waals surface area contributed by atoms with Gasteiger partial charge in [0.05, 0.1) is 13.7 Å². The number of hydrogen-bond donors (Lipinski definition) is 2. The average molecular weight is 494 g/mol. The van der Waals surface area contributed by atoms with Crippen LogP contribution in [0.25, 0.3) is 11.0 Å². The number of carbonyl (C=O) groups is 3. The molecule has 1 aromatic heterocycles. The number of aryl methyl sites for hydroxylation is 1. The van der Waals surface area contributed by atoms with Crippen molar-refractivity contribution in [3.63, 3.8) is 0 Å². The number of rotatable bonds is 7. The number of amides is 2. The topological polar surface area (TPSA) is 128 Å². The van der Waals surface area contributed by atoms with Crippen molar-refractivity contribution in [1.82, 2.24) is 15.1 Å². The molecule has 1 atom stereocenters. The van der Waals surface area contributed by atoms with Crippen LogP contribution in [0.3, 0.4) is 0 Å². The van der Waals surface area contributed by atoms with Crippen molar-refractivity contribution in [3.8, 4) is 6.07 Å². The molecule has 2 amide bonds. The Labute approximate surface area is 209 Å². The number of fused-ring (bicyclic) bond motifs is 1. The second kappa shape index (κ2) is 11.2. The van der Waals surface area contributed by atoms with E-state index in [4.69, 9.17) is 9.15 Å². The maximum Gasteiger partial charge on any atom is 0.352 e. The van der Waals surface area contributed by atoms with Gasteiger partial charge in [0.15, 0.2) is 5.57 Å². The van der Waals surface area contributed by atoms with Crippen LogP contribution in [0, 0.1) is 18.3 Å². The molecule has 0 spiro atoms. The van der Waals surface area contributed by atoms with Crippen LogP contribution in [-0.4, -0.2) is 66.9 Å². The van der Waals surface area contributed by atoms with Crippen LogP contribution in [0.4, 0.5) is 5.69 Å². The number of benzene rings is 1. The van der Waals surface area contributed by atoms with Crippen LogP contribution >= 0.6 is 0 Å². The lowest BCUT2D eigenvalue weighted by Gasteiger charge is -2.28. The van der Waals surface area contributed by atoms with Crippen LogP contribution in [0.1, 0.15) is 37.9 Å². The molecular formula is C26H31N5O5. The van der Waals surface area contributed by atoms with E-state index in [1.807, 2.05) is 25.1 Å². The van der Waals surface area contributed by atoms with Gasteiger partial charge in [-0.05, 0) is 63.3 Å². The Morgan fingerprint density at radius 2 is 1.92 bits per heavy atom. The van der Waals surface area contributed by atoms with Gasteiger partial charge in [0.2, 0.25) is 11.8 Å². The molecule has 0 aliphatic carbocycles. The molecule has 0 radical (unpaired) electrons. The van der Waals surface area contributed by atoms with E-state index in [1.54, 1.807) is 21.9 Å². The molecule has 2 aromatic rings. The number of furan rings is 1. The zero-order valence-electron chi connectivity index (χ0n) is 20.6. The minimum atomic E-state index is -0.824.